The summed E-state index contributed by atoms with van der Waals surface area (Å²) in [7, 11) is 0. The van der Waals surface area contributed by atoms with E-state index in [2.05, 4.69) is 21.2 Å². The molecule has 3 N–H and O–H groups in total. The van der Waals surface area contributed by atoms with E-state index in [-0.39, 0.29) is 17.4 Å². The van der Waals surface area contributed by atoms with Gasteiger partial charge in [-0.2, -0.15) is 0 Å². The number of hydrazine groups is 1. The van der Waals surface area contributed by atoms with Crippen molar-refractivity contribution in [3.05, 3.63) is 44.3 Å². The van der Waals surface area contributed by atoms with Gasteiger partial charge in [-0.15, -0.1) is 11.3 Å². The van der Waals surface area contributed by atoms with Crippen LogP contribution in [0.5, 0.6) is 0 Å². The minimum Gasteiger partial charge on any atom is -0.330 e. The minimum absolute atomic E-state index is 0.182. The summed E-state index contributed by atoms with van der Waals surface area (Å²) in [4.78, 5) is 16.0. The molecule has 1 aromatic heterocycles. The highest BCUT2D eigenvalue weighted by Gasteiger charge is 2.07. The van der Waals surface area contributed by atoms with Crippen LogP contribution in [0.15, 0.2) is 23.6 Å². The molecule has 116 valence electrons. The number of hydrogen-bond donors (Lipinski definition) is 3. The van der Waals surface area contributed by atoms with E-state index < -0.39 is 0 Å². The Morgan fingerprint density at radius 2 is 2.14 bits per heavy atom. The van der Waals surface area contributed by atoms with E-state index in [9.17, 15) is 4.79 Å². The molecule has 0 atom stereocenters. The third-order valence-electron chi connectivity index (χ3n) is 2.50. The normalized spacial score (nSPS) is 10.1. The van der Waals surface area contributed by atoms with Crippen molar-refractivity contribution >= 4 is 63.5 Å². The molecule has 9 heteroatoms. The number of carbonyl (C=O) groups is 1. The topological polar surface area (TPSA) is 66.0 Å². The molecule has 0 saturated carbocycles. The summed E-state index contributed by atoms with van der Waals surface area (Å²) in [6.45, 7) is 1.89. The third-order valence-corrected chi connectivity index (χ3v) is 4.08. The maximum Gasteiger partial charge on any atom is 0.244 e. The Morgan fingerprint density at radius 1 is 1.36 bits per heavy atom. The van der Waals surface area contributed by atoms with Crippen LogP contribution in [0.1, 0.15) is 10.7 Å². The zero-order valence-electron chi connectivity index (χ0n) is 11.4. The van der Waals surface area contributed by atoms with Crippen LogP contribution in [0.4, 0.5) is 5.69 Å². The number of thiazole rings is 1. The van der Waals surface area contributed by atoms with Gasteiger partial charge >= 0.3 is 0 Å². The highest BCUT2D eigenvalue weighted by molar-refractivity contribution is 7.80. The SMILES string of the molecule is Cc1nc(CC(=O)NNC(=S)Nc2ccc(Cl)cc2Cl)cs1. The van der Waals surface area contributed by atoms with Crippen LogP contribution < -0.4 is 16.2 Å². The molecule has 0 saturated heterocycles. The molecule has 0 fully saturated rings. The summed E-state index contributed by atoms with van der Waals surface area (Å²) < 4.78 is 0. The number of nitrogens with zero attached hydrogens (tertiary/aromatic N) is 1. The molecule has 0 bridgehead atoms. The Morgan fingerprint density at radius 3 is 2.77 bits per heavy atom. The number of rotatable bonds is 3. The second-order valence-electron chi connectivity index (χ2n) is 4.29. The van der Waals surface area contributed by atoms with E-state index in [1.165, 1.54) is 11.3 Å². The maximum absolute atomic E-state index is 11.8. The van der Waals surface area contributed by atoms with Gasteiger partial charge in [0.15, 0.2) is 5.11 Å². The molecule has 0 aliphatic heterocycles. The smallest absolute Gasteiger partial charge is 0.244 e. The van der Waals surface area contributed by atoms with Gasteiger partial charge in [0.1, 0.15) is 0 Å². The molecular weight excluding hydrogens is 363 g/mol. The lowest BCUT2D eigenvalue weighted by molar-refractivity contribution is -0.121. The Hall–Kier alpha value is -1.41. The highest BCUT2D eigenvalue weighted by atomic mass is 35.5. The maximum atomic E-state index is 11.8. The van der Waals surface area contributed by atoms with Crippen molar-refractivity contribution in [3.8, 4) is 0 Å². The number of hydrogen-bond acceptors (Lipinski definition) is 4. The van der Waals surface area contributed by atoms with Crippen molar-refractivity contribution in [2.45, 2.75) is 13.3 Å². The van der Waals surface area contributed by atoms with Gasteiger partial charge in [0.25, 0.3) is 0 Å². The second-order valence-corrected chi connectivity index (χ2v) is 6.60. The molecule has 2 rings (SSSR count). The van der Waals surface area contributed by atoms with Gasteiger partial charge in [0.05, 0.1) is 27.8 Å². The average Bonchev–Trinajstić information content (AvgIpc) is 2.85. The number of aromatic nitrogens is 1. The molecule has 22 heavy (non-hydrogen) atoms. The first kappa shape index (κ1) is 17.0. The summed E-state index contributed by atoms with van der Waals surface area (Å²) >= 11 is 18.4. The van der Waals surface area contributed by atoms with Crippen LogP contribution in [0, 0.1) is 6.92 Å². The van der Waals surface area contributed by atoms with Crippen LogP contribution in [0.25, 0.3) is 0 Å². The fourth-order valence-corrected chi connectivity index (χ4v) is 2.80. The molecule has 0 unspecified atom stereocenters. The van der Waals surface area contributed by atoms with Crippen molar-refractivity contribution in [3.63, 3.8) is 0 Å². The van der Waals surface area contributed by atoms with Crippen molar-refractivity contribution in [1.82, 2.24) is 15.8 Å². The van der Waals surface area contributed by atoms with Gasteiger partial charge < -0.3 is 5.32 Å². The van der Waals surface area contributed by atoms with E-state index in [1.54, 1.807) is 18.2 Å². The molecule has 5 nitrogen and oxygen atoms in total. The zero-order chi connectivity index (χ0) is 16.1. The summed E-state index contributed by atoms with van der Waals surface area (Å²) in [6.07, 6.45) is 0.182. The molecular formula is C13H12Cl2N4OS2. The molecule has 0 radical (unpaired) electrons. The summed E-state index contributed by atoms with van der Waals surface area (Å²) in [6, 6.07) is 4.97. The number of halogens is 2. The lowest BCUT2D eigenvalue weighted by atomic mass is 10.3. The van der Waals surface area contributed by atoms with Crippen LogP contribution in [0.2, 0.25) is 10.0 Å². The summed E-state index contributed by atoms with van der Waals surface area (Å²) in [5, 5.41) is 6.81. The first-order valence-corrected chi connectivity index (χ1v) is 8.20. The largest absolute Gasteiger partial charge is 0.330 e. The minimum atomic E-state index is -0.239. The van der Waals surface area contributed by atoms with Gasteiger partial charge in [-0.1, -0.05) is 23.2 Å². The highest BCUT2D eigenvalue weighted by Crippen LogP contribution is 2.25. The van der Waals surface area contributed by atoms with E-state index in [0.29, 0.717) is 15.7 Å². The number of amides is 1. The fourth-order valence-electron chi connectivity index (χ4n) is 1.57. The van der Waals surface area contributed by atoms with Crippen LogP contribution >= 0.6 is 46.8 Å². The van der Waals surface area contributed by atoms with Gasteiger partial charge in [0, 0.05) is 10.4 Å². The quantitative estimate of drug-likeness (QED) is 0.567. The number of nitrogens with one attached hydrogen (secondary N) is 3. The van der Waals surface area contributed by atoms with Crippen molar-refractivity contribution in [2.75, 3.05) is 5.32 Å². The molecule has 1 amide bonds. The second kappa shape index (κ2) is 7.73. The third kappa shape index (κ3) is 5.10. The molecule has 0 aliphatic rings. The Labute approximate surface area is 147 Å². The first-order valence-electron chi connectivity index (χ1n) is 6.16. The number of anilines is 1. The van der Waals surface area contributed by atoms with E-state index in [0.717, 1.165) is 10.7 Å². The van der Waals surface area contributed by atoms with E-state index in [1.807, 2.05) is 12.3 Å². The van der Waals surface area contributed by atoms with Crippen LogP contribution in [0.3, 0.4) is 0 Å². The Bertz CT molecular complexity index is 705. The first-order chi connectivity index (χ1) is 10.4. The van der Waals surface area contributed by atoms with Crippen molar-refractivity contribution in [2.24, 2.45) is 0 Å². The molecule has 0 aliphatic carbocycles. The summed E-state index contributed by atoms with van der Waals surface area (Å²) in [5.41, 5.74) is 6.41. The van der Waals surface area contributed by atoms with Gasteiger partial charge in [-0.25, -0.2) is 4.98 Å². The van der Waals surface area contributed by atoms with E-state index >= 15 is 0 Å². The van der Waals surface area contributed by atoms with E-state index in [4.69, 9.17) is 35.4 Å². The van der Waals surface area contributed by atoms with Gasteiger partial charge in [0.2, 0.25) is 5.91 Å². The Balaban J connectivity index is 1.81. The van der Waals surface area contributed by atoms with Crippen molar-refractivity contribution < 1.29 is 4.79 Å². The molecule has 1 aromatic carbocycles. The Kier molecular flexibility index (Phi) is 5.96. The number of carbonyl (C=O) groups excluding carboxylic acids is 1. The lowest BCUT2D eigenvalue weighted by Gasteiger charge is -2.12. The van der Waals surface area contributed by atoms with Crippen molar-refractivity contribution in [1.29, 1.82) is 0 Å². The van der Waals surface area contributed by atoms with Gasteiger partial charge in [-0.3, -0.25) is 15.6 Å². The molecule has 2 aromatic rings. The summed E-state index contributed by atoms with van der Waals surface area (Å²) in [5.74, 6) is -0.239. The predicted octanol–water partition coefficient (Wildman–Crippen LogP) is 3.32. The monoisotopic (exact) mass is 374 g/mol. The van der Waals surface area contributed by atoms with Crippen LogP contribution in [-0.2, 0) is 11.2 Å². The zero-order valence-corrected chi connectivity index (χ0v) is 14.6. The standard InChI is InChI=1S/C13H12Cl2N4OS2/c1-7-16-9(6-22-7)5-12(20)18-19-13(21)17-11-3-2-8(14)4-10(11)15/h2-4,6H,5H2,1H3,(H,18,20)(H2,17,19,21). The number of aryl methyl sites for hydroxylation is 1. The number of benzene rings is 1. The lowest BCUT2D eigenvalue weighted by Crippen LogP contribution is -2.44. The molecule has 1 heterocycles. The van der Waals surface area contributed by atoms with Crippen LogP contribution in [-0.4, -0.2) is 16.0 Å². The number of thiocarbonyl (C=S) groups is 1. The van der Waals surface area contributed by atoms with Gasteiger partial charge in [-0.05, 0) is 37.3 Å². The average molecular weight is 375 g/mol. The fraction of sp³-hybridized carbons (Fsp3) is 0.154. The molecule has 0 spiro atoms. The predicted molar refractivity (Wildman–Crippen MR) is 94.5 cm³/mol.